The van der Waals surface area contributed by atoms with Crippen LogP contribution in [0.1, 0.15) is 11.9 Å². The second kappa shape index (κ2) is 6.10. The van der Waals surface area contributed by atoms with Gasteiger partial charge in [0.25, 0.3) is 5.56 Å². The number of aromatic nitrogens is 4. The van der Waals surface area contributed by atoms with Crippen LogP contribution >= 0.6 is 11.3 Å². The molecule has 1 aromatic carbocycles. The Kier molecular flexibility index (Phi) is 3.77. The topological polar surface area (TPSA) is 103 Å². The Labute approximate surface area is 145 Å². The summed E-state index contributed by atoms with van der Waals surface area (Å²) in [5.41, 5.74) is 0.822. The minimum absolute atomic E-state index is 0.140. The molecule has 0 saturated carbocycles. The van der Waals surface area contributed by atoms with Gasteiger partial charge in [0.2, 0.25) is 16.6 Å². The fourth-order valence-electron chi connectivity index (χ4n) is 2.49. The van der Waals surface area contributed by atoms with Crippen molar-refractivity contribution in [2.24, 2.45) is 0 Å². The molecule has 0 unspecified atom stereocenters. The van der Waals surface area contributed by atoms with Crippen LogP contribution in [0.15, 0.2) is 39.8 Å². The zero-order chi connectivity index (χ0) is 17.4. The van der Waals surface area contributed by atoms with E-state index < -0.39 is 5.56 Å². The third-order valence-corrected chi connectivity index (χ3v) is 4.66. The molecule has 0 aliphatic heterocycles. The number of aryl methyl sites for hydroxylation is 1. The second-order valence-corrected chi connectivity index (χ2v) is 6.42. The van der Waals surface area contributed by atoms with Crippen molar-refractivity contribution in [2.45, 2.75) is 19.9 Å². The van der Waals surface area contributed by atoms with Crippen molar-refractivity contribution in [2.75, 3.05) is 5.32 Å². The lowest BCUT2D eigenvalue weighted by molar-refractivity contribution is -0.116. The maximum Gasteiger partial charge on any atom is 0.297 e. The Bertz CT molecular complexity index is 1140. The maximum absolute atomic E-state index is 12.6. The number of furan rings is 1. The molecular weight excluding hydrogens is 342 g/mol. The van der Waals surface area contributed by atoms with Crippen LogP contribution in [0.3, 0.4) is 0 Å². The maximum atomic E-state index is 12.6. The highest BCUT2D eigenvalue weighted by Crippen LogP contribution is 2.24. The van der Waals surface area contributed by atoms with Crippen molar-refractivity contribution in [3.8, 4) is 0 Å². The summed E-state index contributed by atoms with van der Waals surface area (Å²) in [7, 11) is 0. The Hall–Kier alpha value is -3.07. The quantitative estimate of drug-likeness (QED) is 0.602. The number of hydrogen-bond donors (Lipinski definition) is 1. The van der Waals surface area contributed by atoms with E-state index >= 15 is 0 Å². The molecule has 0 aliphatic rings. The van der Waals surface area contributed by atoms with E-state index in [-0.39, 0.29) is 18.0 Å². The molecule has 4 rings (SSSR count). The highest BCUT2D eigenvalue weighted by atomic mass is 32.1. The minimum Gasteiger partial charge on any atom is -0.448 e. The van der Waals surface area contributed by atoms with Gasteiger partial charge in [-0.1, -0.05) is 30.4 Å². The molecule has 1 amide bonds. The molecule has 9 heteroatoms. The first-order valence-electron chi connectivity index (χ1n) is 7.64. The van der Waals surface area contributed by atoms with Gasteiger partial charge < -0.3 is 4.42 Å². The highest BCUT2D eigenvalue weighted by Gasteiger charge is 2.15. The molecule has 0 radical (unpaired) electrons. The molecule has 8 nitrogen and oxygen atoms in total. The zero-order valence-electron chi connectivity index (χ0n) is 13.2. The zero-order valence-corrected chi connectivity index (χ0v) is 14.0. The van der Waals surface area contributed by atoms with Crippen molar-refractivity contribution in [3.63, 3.8) is 0 Å². The summed E-state index contributed by atoms with van der Waals surface area (Å²) in [6.45, 7) is 1.78. The summed E-state index contributed by atoms with van der Waals surface area (Å²) in [6, 6.07) is 7.29. The number of carbonyl (C=O) groups excluding carboxylic acids is 1. The number of amides is 1. The van der Waals surface area contributed by atoms with Crippen molar-refractivity contribution in [1.29, 1.82) is 0 Å². The molecule has 0 saturated heterocycles. The Morgan fingerprint density at radius 3 is 2.96 bits per heavy atom. The van der Waals surface area contributed by atoms with E-state index in [1.807, 2.05) is 25.1 Å². The number of fused-ring (bicyclic) bond motifs is 3. The van der Waals surface area contributed by atoms with Crippen molar-refractivity contribution >= 4 is 44.4 Å². The Morgan fingerprint density at radius 1 is 1.32 bits per heavy atom. The number of hydrogen-bond acceptors (Lipinski definition) is 7. The summed E-state index contributed by atoms with van der Waals surface area (Å²) in [6.07, 6.45) is 2.10. The van der Waals surface area contributed by atoms with Crippen LogP contribution in [0, 0.1) is 0 Å². The molecule has 25 heavy (non-hydrogen) atoms. The SMILES string of the molecule is CCc1nnc(NC(=O)Cn2cnc3c(oc4ccccc43)c2=O)s1. The van der Waals surface area contributed by atoms with Crippen LogP contribution in [0.4, 0.5) is 5.13 Å². The third kappa shape index (κ3) is 2.78. The van der Waals surface area contributed by atoms with Gasteiger partial charge in [0, 0.05) is 5.39 Å². The van der Waals surface area contributed by atoms with Gasteiger partial charge in [0.1, 0.15) is 22.7 Å². The predicted molar refractivity (Wildman–Crippen MR) is 93.7 cm³/mol. The number of para-hydroxylation sites is 1. The van der Waals surface area contributed by atoms with Gasteiger partial charge in [0.15, 0.2) is 0 Å². The number of benzene rings is 1. The van der Waals surface area contributed by atoms with Crippen molar-refractivity contribution in [3.05, 3.63) is 46.0 Å². The molecule has 0 spiro atoms. The second-order valence-electron chi connectivity index (χ2n) is 5.36. The lowest BCUT2D eigenvalue weighted by Gasteiger charge is -2.04. The number of carbonyl (C=O) groups is 1. The average Bonchev–Trinajstić information content (AvgIpc) is 3.22. The molecule has 0 bridgehead atoms. The highest BCUT2D eigenvalue weighted by molar-refractivity contribution is 7.15. The summed E-state index contributed by atoms with van der Waals surface area (Å²) < 4.78 is 6.80. The van der Waals surface area contributed by atoms with E-state index in [1.165, 1.54) is 22.2 Å². The van der Waals surface area contributed by atoms with E-state index in [2.05, 4.69) is 20.5 Å². The van der Waals surface area contributed by atoms with E-state index in [9.17, 15) is 9.59 Å². The van der Waals surface area contributed by atoms with E-state index in [0.717, 1.165) is 16.8 Å². The molecule has 0 fully saturated rings. The molecule has 0 aliphatic carbocycles. The van der Waals surface area contributed by atoms with Gasteiger partial charge in [-0.2, -0.15) is 0 Å². The Morgan fingerprint density at radius 2 is 2.16 bits per heavy atom. The molecule has 1 N–H and O–H groups in total. The third-order valence-electron chi connectivity index (χ3n) is 3.68. The molecular formula is C16H13N5O3S. The monoisotopic (exact) mass is 355 g/mol. The Balaban J connectivity index is 1.63. The first-order chi connectivity index (χ1) is 12.2. The molecule has 3 heterocycles. The largest absolute Gasteiger partial charge is 0.448 e. The smallest absolute Gasteiger partial charge is 0.297 e. The molecule has 3 aromatic heterocycles. The molecule has 126 valence electrons. The van der Waals surface area contributed by atoms with Crippen LogP contribution in [-0.4, -0.2) is 25.7 Å². The number of nitrogens with one attached hydrogen (secondary N) is 1. The predicted octanol–water partition coefficient (Wildman–Crippen LogP) is 2.20. The van der Waals surface area contributed by atoms with Crippen LogP contribution in [-0.2, 0) is 17.8 Å². The minimum atomic E-state index is -0.400. The van der Waals surface area contributed by atoms with Crippen molar-refractivity contribution < 1.29 is 9.21 Å². The van der Waals surface area contributed by atoms with E-state index in [1.54, 1.807) is 6.07 Å². The van der Waals surface area contributed by atoms with Crippen LogP contribution in [0.2, 0.25) is 0 Å². The lowest BCUT2D eigenvalue weighted by atomic mass is 10.2. The normalized spacial score (nSPS) is 11.2. The van der Waals surface area contributed by atoms with Gasteiger partial charge in [-0.3, -0.25) is 19.5 Å². The summed E-state index contributed by atoms with van der Waals surface area (Å²) in [4.78, 5) is 29.0. The summed E-state index contributed by atoms with van der Waals surface area (Å²) >= 11 is 1.31. The van der Waals surface area contributed by atoms with E-state index in [0.29, 0.717) is 16.2 Å². The number of rotatable bonds is 4. The van der Waals surface area contributed by atoms with Crippen LogP contribution in [0.5, 0.6) is 0 Å². The average molecular weight is 355 g/mol. The first-order valence-corrected chi connectivity index (χ1v) is 8.46. The lowest BCUT2D eigenvalue weighted by Crippen LogP contribution is -2.27. The van der Waals surface area contributed by atoms with Gasteiger partial charge >= 0.3 is 0 Å². The van der Waals surface area contributed by atoms with Crippen molar-refractivity contribution in [1.82, 2.24) is 19.7 Å². The standard InChI is InChI=1S/C16H13N5O3S/c1-2-12-19-20-16(25-12)18-11(22)7-21-8-17-13-9-5-3-4-6-10(9)24-14(13)15(21)23/h3-6,8H,2,7H2,1H3,(H,18,20,22). The summed E-state index contributed by atoms with van der Waals surface area (Å²) in [5.74, 6) is -0.377. The first kappa shape index (κ1) is 15.5. The van der Waals surface area contributed by atoms with Crippen LogP contribution < -0.4 is 10.9 Å². The molecule has 4 aromatic rings. The fourth-order valence-corrected chi connectivity index (χ4v) is 3.18. The fraction of sp³-hybridized carbons (Fsp3) is 0.188. The van der Waals surface area contributed by atoms with Gasteiger partial charge in [0.05, 0.1) is 6.33 Å². The van der Waals surface area contributed by atoms with Gasteiger partial charge in [-0.05, 0) is 18.6 Å². The summed E-state index contributed by atoms with van der Waals surface area (Å²) in [5, 5.41) is 12.5. The molecule has 0 atom stereocenters. The number of nitrogens with zero attached hydrogens (tertiary/aromatic N) is 4. The van der Waals surface area contributed by atoms with Crippen LogP contribution in [0.25, 0.3) is 22.1 Å². The van der Waals surface area contributed by atoms with Gasteiger partial charge in [-0.15, -0.1) is 10.2 Å². The van der Waals surface area contributed by atoms with E-state index in [4.69, 9.17) is 4.42 Å². The number of anilines is 1. The van der Waals surface area contributed by atoms with Gasteiger partial charge in [-0.25, -0.2) is 4.98 Å².